The number of hydrogen-bond acceptors (Lipinski definition) is 4. The number of benzene rings is 2. The first kappa shape index (κ1) is 16.8. The summed E-state index contributed by atoms with van der Waals surface area (Å²) in [4.78, 5) is 11.8. The zero-order valence-electron chi connectivity index (χ0n) is 13.0. The monoisotopic (exact) mass is 331 g/mol. The maximum atomic E-state index is 11.8. The summed E-state index contributed by atoms with van der Waals surface area (Å²) in [6.45, 7) is 2.05. The van der Waals surface area contributed by atoms with Crippen molar-refractivity contribution >= 4 is 29.4 Å². The maximum absolute atomic E-state index is 11.8. The summed E-state index contributed by atoms with van der Waals surface area (Å²) in [7, 11) is 1.61. The van der Waals surface area contributed by atoms with Gasteiger partial charge in [-0.25, -0.2) is 5.43 Å². The van der Waals surface area contributed by atoms with Crippen LogP contribution in [0.15, 0.2) is 47.6 Å². The molecule has 2 rings (SSSR count). The van der Waals surface area contributed by atoms with Gasteiger partial charge >= 0.3 is 0 Å². The van der Waals surface area contributed by atoms with Gasteiger partial charge in [-0.1, -0.05) is 11.6 Å². The number of carbonyl (C=O) groups excluding carboxylic acids is 1. The van der Waals surface area contributed by atoms with E-state index in [1.807, 2.05) is 43.3 Å². The van der Waals surface area contributed by atoms with Crippen LogP contribution in [-0.2, 0) is 4.79 Å². The van der Waals surface area contributed by atoms with E-state index in [0.29, 0.717) is 5.02 Å². The van der Waals surface area contributed by atoms with E-state index in [1.54, 1.807) is 19.4 Å². The minimum atomic E-state index is -0.232. The molecular weight excluding hydrogens is 314 g/mol. The third kappa shape index (κ3) is 5.30. The minimum absolute atomic E-state index is 0.127. The van der Waals surface area contributed by atoms with Crippen molar-refractivity contribution in [3.63, 3.8) is 0 Å². The molecular formula is C17H18ClN3O2. The summed E-state index contributed by atoms with van der Waals surface area (Å²) >= 11 is 5.89. The molecule has 0 heterocycles. The summed E-state index contributed by atoms with van der Waals surface area (Å²) in [6.07, 6.45) is 1.57. The highest BCUT2D eigenvalue weighted by atomic mass is 35.5. The molecule has 23 heavy (non-hydrogen) atoms. The summed E-state index contributed by atoms with van der Waals surface area (Å²) in [5.74, 6) is 0.540. The third-order valence-electron chi connectivity index (χ3n) is 3.15. The lowest BCUT2D eigenvalue weighted by Gasteiger charge is -2.08. The van der Waals surface area contributed by atoms with Crippen LogP contribution in [0, 0.1) is 6.92 Å². The van der Waals surface area contributed by atoms with Crippen LogP contribution in [0.2, 0.25) is 5.02 Å². The van der Waals surface area contributed by atoms with Crippen LogP contribution in [0.4, 0.5) is 5.69 Å². The van der Waals surface area contributed by atoms with Gasteiger partial charge in [0.15, 0.2) is 0 Å². The second-order valence-corrected chi connectivity index (χ2v) is 5.32. The van der Waals surface area contributed by atoms with E-state index in [9.17, 15) is 4.79 Å². The lowest BCUT2D eigenvalue weighted by Crippen LogP contribution is -2.26. The Kier molecular flexibility index (Phi) is 6.00. The molecule has 0 radical (unpaired) electrons. The number of ether oxygens (including phenoxy) is 1. The number of aryl methyl sites for hydroxylation is 1. The molecule has 0 fully saturated rings. The lowest BCUT2D eigenvalue weighted by atomic mass is 10.2. The number of hydrogen-bond donors (Lipinski definition) is 2. The quantitative estimate of drug-likeness (QED) is 0.631. The summed E-state index contributed by atoms with van der Waals surface area (Å²) in [6, 6.07) is 12.8. The average molecular weight is 332 g/mol. The van der Waals surface area contributed by atoms with Crippen molar-refractivity contribution in [2.75, 3.05) is 19.0 Å². The molecule has 0 saturated carbocycles. The molecule has 2 N–H and O–H groups in total. The van der Waals surface area contributed by atoms with Crippen molar-refractivity contribution in [1.82, 2.24) is 5.43 Å². The normalized spacial score (nSPS) is 10.6. The van der Waals surface area contributed by atoms with Gasteiger partial charge in [-0.05, 0) is 60.5 Å². The topological polar surface area (TPSA) is 62.7 Å². The fourth-order valence-electron chi connectivity index (χ4n) is 1.91. The number of anilines is 1. The van der Waals surface area contributed by atoms with Gasteiger partial charge in [0.1, 0.15) is 5.75 Å². The molecule has 0 aliphatic heterocycles. The lowest BCUT2D eigenvalue weighted by molar-refractivity contribution is -0.119. The summed E-state index contributed by atoms with van der Waals surface area (Å²) < 4.78 is 5.07. The molecule has 2 aromatic carbocycles. The minimum Gasteiger partial charge on any atom is -0.497 e. The van der Waals surface area contributed by atoms with Gasteiger partial charge in [-0.2, -0.15) is 5.10 Å². The number of amides is 1. The molecule has 0 aliphatic carbocycles. The largest absolute Gasteiger partial charge is 0.497 e. The smallest absolute Gasteiger partial charge is 0.259 e. The summed E-state index contributed by atoms with van der Waals surface area (Å²) in [5.41, 5.74) is 5.18. The van der Waals surface area contributed by atoms with Crippen LogP contribution in [0.25, 0.3) is 0 Å². The molecule has 1 amide bonds. The van der Waals surface area contributed by atoms with Gasteiger partial charge in [-0.15, -0.1) is 0 Å². The van der Waals surface area contributed by atoms with E-state index in [0.717, 1.165) is 22.6 Å². The highest BCUT2D eigenvalue weighted by Gasteiger charge is 2.02. The molecule has 2 aromatic rings. The number of hydrazone groups is 1. The van der Waals surface area contributed by atoms with E-state index in [-0.39, 0.29) is 12.5 Å². The molecule has 6 heteroatoms. The Bertz CT molecular complexity index is 699. The predicted molar refractivity (Wildman–Crippen MR) is 93.4 cm³/mol. The van der Waals surface area contributed by atoms with Crippen LogP contribution in [-0.4, -0.2) is 25.8 Å². The molecule has 0 atom stereocenters. The zero-order valence-corrected chi connectivity index (χ0v) is 13.7. The predicted octanol–water partition coefficient (Wildman–Crippen LogP) is 3.22. The number of nitrogens with zero attached hydrogens (tertiary/aromatic N) is 1. The SMILES string of the molecule is COc1ccc(C=NNC(=O)CNc2ccc(Cl)cc2C)cc1. The maximum Gasteiger partial charge on any atom is 0.259 e. The molecule has 0 bridgehead atoms. The second kappa shape index (κ2) is 8.19. The van der Waals surface area contributed by atoms with Crippen LogP contribution >= 0.6 is 11.6 Å². The Labute approximate surface area is 140 Å². The first-order chi connectivity index (χ1) is 11.1. The van der Waals surface area contributed by atoms with Gasteiger partial charge in [-0.3, -0.25) is 4.79 Å². The van der Waals surface area contributed by atoms with Gasteiger partial charge < -0.3 is 10.1 Å². The van der Waals surface area contributed by atoms with Gasteiger partial charge in [0.25, 0.3) is 5.91 Å². The van der Waals surface area contributed by atoms with E-state index in [1.165, 1.54) is 0 Å². The molecule has 120 valence electrons. The number of methoxy groups -OCH3 is 1. The van der Waals surface area contributed by atoms with Crippen LogP contribution in [0.5, 0.6) is 5.75 Å². The first-order valence-electron chi connectivity index (χ1n) is 7.04. The molecule has 0 aliphatic rings. The molecule has 0 aromatic heterocycles. The van der Waals surface area contributed by atoms with Gasteiger partial charge in [0.05, 0.1) is 19.9 Å². The Morgan fingerprint density at radius 2 is 2.00 bits per heavy atom. The second-order valence-electron chi connectivity index (χ2n) is 4.88. The van der Waals surface area contributed by atoms with E-state index >= 15 is 0 Å². The highest BCUT2D eigenvalue weighted by molar-refractivity contribution is 6.30. The fraction of sp³-hybridized carbons (Fsp3) is 0.176. The molecule has 0 saturated heterocycles. The van der Waals surface area contributed by atoms with Crippen molar-refractivity contribution in [3.05, 3.63) is 58.6 Å². The van der Waals surface area contributed by atoms with Crippen LogP contribution < -0.4 is 15.5 Å². The number of nitrogens with one attached hydrogen (secondary N) is 2. The highest BCUT2D eigenvalue weighted by Crippen LogP contribution is 2.19. The Morgan fingerprint density at radius 3 is 2.65 bits per heavy atom. The fourth-order valence-corrected chi connectivity index (χ4v) is 2.14. The van der Waals surface area contributed by atoms with Crippen LogP contribution in [0.1, 0.15) is 11.1 Å². The number of halogens is 1. The van der Waals surface area contributed by atoms with E-state index in [4.69, 9.17) is 16.3 Å². The van der Waals surface area contributed by atoms with E-state index in [2.05, 4.69) is 15.8 Å². The summed E-state index contributed by atoms with van der Waals surface area (Å²) in [5, 5.41) is 7.63. The number of rotatable bonds is 6. The molecule has 5 nitrogen and oxygen atoms in total. The first-order valence-corrected chi connectivity index (χ1v) is 7.42. The molecule has 0 spiro atoms. The van der Waals surface area contributed by atoms with Gasteiger partial charge in [0, 0.05) is 10.7 Å². The Hall–Kier alpha value is -2.53. The van der Waals surface area contributed by atoms with Crippen molar-refractivity contribution in [3.8, 4) is 5.75 Å². The van der Waals surface area contributed by atoms with Gasteiger partial charge in [0.2, 0.25) is 0 Å². The van der Waals surface area contributed by atoms with E-state index < -0.39 is 0 Å². The Morgan fingerprint density at radius 1 is 1.26 bits per heavy atom. The van der Waals surface area contributed by atoms with Crippen molar-refractivity contribution in [1.29, 1.82) is 0 Å². The van der Waals surface area contributed by atoms with Crippen molar-refractivity contribution in [2.24, 2.45) is 5.10 Å². The average Bonchev–Trinajstić information content (AvgIpc) is 2.54. The molecule has 0 unspecified atom stereocenters. The van der Waals surface area contributed by atoms with Crippen molar-refractivity contribution in [2.45, 2.75) is 6.92 Å². The number of carbonyl (C=O) groups is 1. The van der Waals surface area contributed by atoms with Crippen molar-refractivity contribution < 1.29 is 9.53 Å². The zero-order chi connectivity index (χ0) is 16.7. The Balaban J connectivity index is 1.81. The standard InChI is InChI=1S/C17H18ClN3O2/c1-12-9-14(18)5-8-16(12)19-11-17(22)21-20-10-13-3-6-15(23-2)7-4-13/h3-10,19H,11H2,1-2H3,(H,21,22). The van der Waals surface area contributed by atoms with Crippen LogP contribution in [0.3, 0.4) is 0 Å². The third-order valence-corrected chi connectivity index (χ3v) is 3.38.